The first-order chi connectivity index (χ1) is 4.72. The van der Waals surface area contributed by atoms with Gasteiger partial charge in [0.25, 0.3) is 0 Å². The predicted molar refractivity (Wildman–Crippen MR) is 33.4 cm³/mol. The molecule has 0 aromatic carbocycles. The number of nitrogens with zero attached hydrogens (tertiary/aromatic N) is 3. The van der Waals surface area contributed by atoms with Gasteiger partial charge in [0.2, 0.25) is 6.33 Å². The van der Waals surface area contributed by atoms with Crippen molar-refractivity contribution in [3.8, 4) is 0 Å². The van der Waals surface area contributed by atoms with E-state index >= 15 is 0 Å². The second kappa shape index (κ2) is 2.38. The first kappa shape index (κ1) is 6.60. The molecule has 0 atom stereocenters. The Hall–Kier alpha value is -1.52. The number of hydrogen-bond acceptors (Lipinski definition) is 4. The van der Waals surface area contributed by atoms with E-state index in [2.05, 4.69) is 9.97 Å². The van der Waals surface area contributed by atoms with E-state index in [4.69, 9.17) is 0 Å². The Labute approximate surface area is 56.9 Å². The minimum absolute atomic E-state index is 0.130. The van der Waals surface area contributed by atoms with Crippen molar-refractivity contribution in [1.29, 1.82) is 0 Å². The van der Waals surface area contributed by atoms with Crippen LogP contribution in [0.2, 0.25) is 0 Å². The van der Waals surface area contributed by atoms with Crippen LogP contribution in [-0.4, -0.2) is 14.9 Å². The fourth-order valence-corrected chi connectivity index (χ4v) is 0.584. The van der Waals surface area contributed by atoms with Crippen LogP contribution >= 0.6 is 0 Å². The van der Waals surface area contributed by atoms with Crippen LogP contribution in [0.1, 0.15) is 5.56 Å². The van der Waals surface area contributed by atoms with E-state index < -0.39 is 4.92 Å². The van der Waals surface area contributed by atoms with Gasteiger partial charge in [-0.05, 0) is 16.8 Å². The molecule has 0 spiro atoms. The molecule has 0 saturated heterocycles. The van der Waals surface area contributed by atoms with Crippen LogP contribution in [0.15, 0.2) is 12.5 Å². The molecule has 1 rings (SSSR count). The SMILES string of the molecule is Cc1cncnc1[N+](=O)[O-]. The van der Waals surface area contributed by atoms with Crippen molar-refractivity contribution in [2.24, 2.45) is 0 Å². The summed E-state index contributed by atoms with van der Waals surface area (Å²) in [6.45, 7) is 1.60. The van der Waals surface area contributed by atoms with E-state index in [-0.39, 0.29) is 5.82 Å². The fraction of sp³-hybridized carbons (Fsp3) is 0.200. The van der Waals surface area contributed by atoms with Crippen molar-refractivity contribution >= 4 is 5.82 Å². The van der Waals surface area contributed by atoms with Crippen molar-refractivity contribution in [2.75, 3.05) is 0 Å². The maximum atomic E-state index is 10.1. The molecule has 0 saturated carbocycles. The third-order valence-corrected chi connectivity index (χ3v) is 1.04. The number of nitro groups is 1. The zero-order chi connectivity index (χ0) is 7.56. The van der Waals surface area contributed by atoms with Crippen LogP contribution in [0.3, 0.4) is 0 Å². The average Bonchev–Trinajstić information content (AvgIpc) is 1.88. The average molecular weight is 139 g/mol. The molecule has 5 nitrogen and oxygen atoms in total. The Morgan fingerprint density at radius 3 is 2.80 bits per heavy atom. The van der Waals surface area contributed by atoms with Crippen LogP contribution in [-0.2, 0) is 0 Å². The van der Waals surface area contributed by atoms with Crippen molar-refractivity contribution in [1.82, 2.24) is 9.97 Å². The van der Waals surface area contributed by atoms with Gasteiger partial charge in [-0.3, -0.25) is 0 Å². The molecule has 0 bridgehead atoms. The number of aromatic nitrogens is 2. The highest BCUT2D eigenvalue weighted by molar-refractivity contribution is 5.26. The highest BCUT2D eigenvalue weighted by atomic mass is 16.6. The lowest BCUT2D eigenvalue weighted by atomic mass is 10.4. The first-order valence-electron chi connectivity index (χ1n) is 2.63. The van der Waals surface area contributed by atoms with E-state index in [0.717, 1.165) is 6.33 Å². The summed E-state index contributed by atoms with van der Waals surface area (Å²) in [5.41, 5.74) is 0.479. The van der Waals surface area contributed by atoms with Crippen molar-refractivity contribution in [3.63, 3.8) is 0 Å². The van der Waals surface area contributed by atoms with E-state index in [1.165, 1.54) is 6.20 Å². The monoisotopic (exact) mass is 139 g/mol. The van der Waals surface area contributed by atoms with Gasteiger partial charge in [0.1, 0.15) is 0 Å². The highest BCUT2D eigenvalue weighted by Gasteiger charge is 2.08. The molecule has 0 fully saturated rings. The molecule has 5 heteroatoms. The van der Waals surface area contributed by atoms with Gasteiger partial charge in [0.15, 0.2) is 0 Å². The molecule has 52 valence electrons. The molecule has 0 aliphatic rings. The summed E-state index contributed by atoms with van der Waals surface area (Å²) >= 11 is 0. The molecular formula is C5H5N3O2. The second-order valence-corrected chi connectivity index (χ2v) is 1.79. The minimum Gasteiger partial charge on any atom is -0.358 e. The topological polar surface area (TPSA) is 68.9 Å². The summed E-state index contributed by atoms with van der Waals surface area (Å²) < 4.78 is 0. The number of hydrogen-bond donors (Lipinski definition) is 0. The van der Waals surface area contributed by atoms with Gasteiger partial charge in [0, 0.05) is 6.20 Å². The van der Waals surface area contributed by atoms with Crippen LogP contribution in [0.4, 0.5) is 5.82 Å². The Morgan fingerprint density at radius 2 is 2.40 bits per heavy atom. The molecule has 0 N–H and O–H groups in total. The molecule has 0 amide bonds. The molecule has 1 aromatic rings. The Kier molecular flexibility index (Phi) is 1.57. The second-order valence-electron chi connectivity index (χ2n) is 1.79. The largest absolute Gasteiger partial charge is 0.369 e. The quantitative estimate of drug-likeness (QED) is 0.424. The van der Waals surface area contributed by atoms with Crippen LogP contribution in [0.25, 0.3) is 0 Å². The van der Waals surface area contributed by atoms with Crippen LogP contribution < -0.4 is 0 Å². The molecule has 1 heterocycles. The lowest BCUT2D eigenvalue weighted by molar-refractivity contribution is -0.390. The van der Waals surface area contributed by atoms with Gasteiger partial charge in [-0.25, -0.2) is 4.98 Å². The lowest BCUT2D eigenvalue weighted by Crippen LogP contribution is -1.94. The Balaban J connectivity index is 3.15. The maximum Gasteiger partial charge on any atom is 0.369 e. The van der Waals surface area contributed by atoms with E-state index in [1.807, 2.05) is 0 Å². The fourth-order valence-electron chi connectivity index (χ4n) is 0.584. The minimum atomic E-state index is -0.531. The van der Waals surface area contributed by atoms with E-state index in [0.29, 0.717) is 5.56 Å². The Morgan fingerprint density at radius 1 is 1.70 bits per heavy atom. The summed E-state index contributed by atoms with van der Waals surface area (Å²) in [4.78, 5) is 16.7. The normalized spacial score (nSPS) is 9.30. The molecule has 0 unspecified atom stereocenters. The summed E-state index contributed by atoms with van der Waals surface area (Å²) in [5, 5.41) is 10.1. The molecular weight excluding hydrogens is 134 g/mol. The smallest absolute Gasteiger partial charge is 0.358 e. The van der Waals surface area contributed by atoms with Gasteiger partial charge in [0.05, 0.1) is 5.56 Å². The number of rotatable bonds is 1. The van der Waals surface area contributed by atoms with E-state index in [1.54, 1.807) is 6.92 Å². The summed E-state index contributed by atoms with van der Waals surface area (Å²) in [7, 11) is 0. The third-order valence-electron chi connectivity index (χ3n) is 1.04. The van der Waals surface area contributed by atoms with Crippen LogP contribution in [0.5, 0.6) is 0 Å². The summed E-state index contributed by atoms with van der Waals surface area (Å²) in [6.07, 6.45) is 2.57. The highest BCUT2D eigenvalue weighted by Crippen LogP contribution is 2.09. The molecule has 1 aromatic heterocycles. The van der Waals surface area contributed by atoms with Crippen LogP contribution in [0, 0.1) is 17.0 Å². The zero-order valence-electron chi connectivity index (χ0n) is 5.31. The van der Waals surface area contributed by atoms with Crippen molar-refractivity contribution in [3.05, 3.63) is 28.2 Å². The third kappa shape index (κ3) is 1.07. The summed E-state index contributed by atoms with van der Waals surface area (Å²) in [5.74, 6) is -0.130. The van der Waals surface area contributed by atoms with Gasteiger partial charge in [-0.1, -0.05) is 0 Å². The molecule has 0 aliphatic carbocycles. The zero-order valence-corrected chi connectivity index (χ0v) is 5.31. The maximum absolute atomic E-state index is 10.1. The molecule has 0 radical (unpaired) electrons. The van der Waals surface area contributed by atoms with Gasteiger partial charge >= 0.3 is 5.82 Å². The molecule has 10 heavy (non-hydrogen) atoms. The van der Waals surface area contributed by atoms with Crippen molar-refractivity contribution in [2.45, 2.75) is 6.92 Å². The standard InChI is InChI=1S/C5H5N3O2/c1-4-2-6-3-7-5(4)8(9)10/h2-3H,1H3. The molecule has 0 aliphatic heterocycles. The van der Waals surface area contributed by atoms with Gasteiger partial charge in [-0.2, -0.15) is 0 Å². The predicted octanol–water partition coefficient (Wildman–Crippen LogP) is 0.693. The lowest BCUT2D eigenvalue weighted by Gasteiger charge is -1.92. The number of aryl methyl sites for hydroxylation is 1. The first-order valence-corrected chi connectivity index (χ1v) is 2.63. The van der Waals surface area contributed by atoms with Gasteiger partial charge < -0.3 is 10.1 Å². The Bertz CT molecular complexity index is 261. The van der Waals surface area contributed by atoms with E-state index in [9.17, 15) is 10.1 Å². The summed E-state index contributed by atoms with van der Waals surface area (Å²) in [6, 6.07) is 0. The van der Waals surface area contributed by atoms with Crippen molar-refractivity contribution < 1.29 is 4.92 Å². The van der Waals surface area contributed by atoms with Gasteiger partial charge in [-0.15, -0.1) is 0 Å².